The number of nitrogens with zero attached hydrogens (tertiary/aromatic N) is 3. The number of carbonyl (C=O) groups is 1. The molecule has 0 bridgehead atoms. The summed E-state index contributed by atoms with van der Waals surface area (Å²) in [5.74, 6) is 0.124. The first-order valence-electron chi connectivity index (χ1n) is 5.06. The summed E-state index contributed by atoms with van der Waals surface area (Å²) < 4.78 is 7.58. The first-order chi connectivity index (χ1) is 8.58. The molecule has 2 rings (SSSR count). The number of aryl methyl sites for hydroxylation is 1. The highest BCUT2D eigenvalue weighted by Crippen LogP contribution is 2.23. The topological polar surface area (TPSA) is 77.2 Å². The van der Waals surface area contributed by atoms with Gasteiger partial charge >= 0.3 is 5.97 Å². The summed E-state index contributed by atoms with van der Waals surface area (Å²) in [5.41, 5.74) is 0.158. The number of aromatic nitrogens is 3. The number of benzene rings is 1. The fourth-order valence-corrected chi connectivity index (χ4v) is 1.77. The van der Waals surface area contributed by atoms with Crippen molar-refractivity contribution in [1.82, 2.24) is 14.8 Å². The molecule has 2 aromatic rings. The van der Waals surface area contributed by atoms with Gasteiger partial charge in [-0.15, -0.1) is 0 Å². The van der Waals surface area contributed by atoms with Gasteiger partial charge in [-0.05, 0) is 34.1 Å². The molecule has 0 spiro atoms. The highest BCUT2D eigenvalue weighted by Gasteiger charge is 2.10. The van der Waals surface area contributed by atoms with E-state index in [9.17, 15) is 4.79 Å². The highest BCUT2D eigenvalue weighted by atomic mass is 79.9. The molecule has 18 heavy (non-hydrogen) atoms. The fraction of sp³-hybridized carbons (Fsp3) is 0.182. The summed E-state index contributed by atoms with van der Waals surface area (Å²) in [6.07, 6.45) is 1.43. The van der Waals surface area contributed by atoms with E-state index in [1.165, 1.54) is 12.4 Å². The van der Waals surface area contributed by atoms with Gasteiger partial charge in [0, 0.05) is 11.5 Å². The van der Waals surface area contributed by atoms with E-state index in [1.807, 2.05) is 0 Å². The van der Waals surface area contributed by atoms with Crippen molar-refractivity contribution in [1.29, 1.82) is 0 Å². The summed E-state index contributed by atoms with van der Waals surface area (Å²) in [5, 5.41) is 12.9. The zero-order chi connectivity index (χ0) is 13.1. The Bertz CT molecular complexity index is 583. The van der Waals surface area contributed by atoms with Crippen molar-refractivity contribution in [2.75, 3.05) is 0 Å². The Morgan fingerprint density at radius 3 is 2.94 bits per heavy atom. The molecule has 1 aromatic heterocycles. The predicted octanol–water partition coefficient (Wildman–Crippen LogP) is 1.85. The van der Waals surface area contributed by atoms with Crippen LogP contribution in [0.15, 0.2) is 29.0 Å². The lowest BCUT2D eigenvalue weighted by Gasteiger charge is -2.07. The zero-order valence-electron chi connectivity index (χ0n) is 9.50. The number of carboxylic acid groups (broad SMARTS) is 1. The van der Waals surface area contributed by atoms with Crippen molar-refractivity contribution < 1.29 is 14.6 Å². The van der Waals surface area contributed by atoms with Crippen molar-refractivity contribution in [3.8, 4) is 5.75 Å². The van der Waals surface area contributed by atoms with Gasteiger partial charge in [0.25, 0.3) is 0 Å². The Morgan fingerprint density at radius 1 is 1.56 bits per heavy atom. The molecule has 0 unspecified atom stereocenters. The zero-order valence-corrected chi connectivity index (χ0v) is 11.1. The number of ether oxygens (including phenoxy) is 1. The molecule has 0 aliphatic carbocycles. The van der Waals surface area contributed by atoms with Crippen molar-refractivity contribution in [3.05, 3.63) is 40.4 Å². The molecular weight excluding hydrogens is 302 g/mol. The van der Waals surface area contributed by atoms with Crippen LogP contribution in [-0.2, 0) is 13.7 Å². The summed E-state index contributed by atoms with van der Waals surface area (Å²) >= 11 is 3.17. The maximum Gasteiger partial charge on any atom is 0.336 e. The summed E-state index contributed by atoms with van der Waals surface area (Å²) in [4.78, 5) is 15.0. The number of aromatic carboxylic acids is 1. The van der Waals surface area contributed by atoms with Crippen LogP contribution in [-0.4, -0.2) is 25.8 Å². The Labute approximate surface area is 111 Å². The second-order valence-corrected chi connectivity index (χ2v) is 4.39. The first kappa shape index (κ1) is 12.6. The molecule has 0 saturated heterocycles. The maximum absolute atomic E-state index is 10.9. The van der Waals surface area contributed by atoms with Crippen molar-refractivity contribution in [3.63, 3.8) is 0 Å². The van der Waals surface area contributed by atoms with Crippen molar-refractivity contribution in [2.45, 2.75) is 6.61 Å². The third-order valence-corrected chi connectivity index (χ3v) is 3.03. The average molecular weight is 312 g/mol. The molecule has 1 N–H and O–H groups in total. The maximum atomic E-state index is 10.9. The van der Waals surface area contributed by atoms with Gasteiger partial charge in [0.1, 0.15) is 18.7 Å². The number of rotatable bonds is 4. The Kier molecular flexibility index (Phi) is 3.61. The lowest BCUT2D eigenvalue weighted by atomic mass is 10.2. The van der Waals surface area contributed by atoms with E-state index in [0.717, 1.165) is 0 Å². The number of hydrogen-bond acceptors (Lipinski definition) is 4. The standard InChI is InChI=1S/C11H10BrN3O3/c1-15-10(13-6-14-15)5-18-7-2-3-9(12)8(4-7)11(16)17/h2-4,6H,5H2,1H3,(H,16,17). The molecule has 1 aromatic carbocycles. The molecule has 0 atom stereocenters. The highest BCUT2D eigenvalue weighted by molar-refractivity contribution is 9.10. The largest absolute Gasteiger partial charge is 0.486 e. The molecule has 0 radical (unpaired) electrons. The van der Waals surface area contributed by atoms with E-state index in [4.69, 9.17) is 9.84 Å². The minimum atomic E-state index is -1.01. The summed E-state index contributed by atoms with van der Waals surface area (Å²) in [6.45, 7) is 0.233. The van der Waals surface area contributed by atoms with Crippen molar-refractivity contribution >= 4 is 21.9 Å². The Morgan fingerprint density at radius 2 is 2.33 bits per heavy atom. The third-order valence-electron chi connectivity index (χ3n) is 2.34. The van der Waals surface area contributed by atoms with Gasteiger partial charge in [-0.25, -0.2) is 9.78 Å². The van der Waals surface area contributed by atoms with Gasteiger partial charge in [0.15, 0.2) is 5.82 Å². The quantitative estimate of drug-likeness (QED) is 0.932. The van der Waals surface area contributed by atoms with Crippen LogP contribution in [0.1, 0.15) is 16.2 Å². The summed E-state index contributed by atoms with van der Waals surface area (Å²) in [6, 6.07) is 4.78. The number of hydrogen-bond donors (Lipinski definition) is 1. The lowest BCUT2D eigenvalue weighted by Crippen LogP contribution is -2.05. The molecule has 7 heteroatoms. The predicted molar refractivity (Wildman–Crippen MR) is 66.4 cm³/mol. The van der Waals surface area contributed by atoms with Crippen LogP contribution in [0.3, 0.4) is 0 Å². The molecule has 0 fully saturated rings. The number of carboxylic acids is 1. The molecule has 0 aliphatic heterocycles. The molecule has 0 aliphatic rings. The Balaban J connectivity index is 2.13. The van der Waals surface area contributed by atoms with Crippen LogP contribution < -0.4 is 4.74 Å². The van der Waals surface area contributed by atoms with Gasteiger partial charge in [0.2, 0.25) is 0 Å². The first-order valence-corrected chi connectivity index (χ1v) is 5.85. The fourth-order valence-electron chi connectivity index (χ4n) is 1.36. The van der Waals surface area contributed by atoms with Crippen LogP contribution in [0.5, 0.6) is 5.75 Å². The van der Waals surface area contributed by atoms with Crippen LogP contribution in [0.4, 0.5) is 0 Å². The van der Waals surface area contributed by atoms with Gasteiger partial charge in [-0.1, -0.05) is 0 Å². The summed E-state index contributed by atoms with van der Waals surface area (Å²) in [7, 11) is 1.76. The van der Waals surface area contributed by atoms with E-state index in [2.05, 4.69) is 26.0 Å². The second kappa shape index (κ2) is 5.18. The van der Waals surface area contributed by atoms with E-state index >= 15 is 0 Å². The smallest absolute Gasteiger partial charge is 0.336 e. The van der Waals surface area contributed by atoms with Crippen LogP contribution in [0, 0.1) is 0 Å². The monoisotopic (exact) mass is 311 g/mol. The SMILES string of the molecule is Cn1ncnc1COc1ccc(Br)c(C(=O)O)c1. The van der Waals surface area contributed by atoms with Crippen molar-refractivity contribution in [2.24, 2.45) is 7.05 Å². The van der Waals surface area contributed by atoms with Gasteiger partial charge in [-0.2, -0.15) is 5.10 Å². The second-order valence-electron chi connectivity index (χ2n) is 3.54. The lowest BCUT2D eigenvalue weighted by molar-refractivity contribution is 0.0695. The molecule has 1 heterocycles. The van der Waals surface area contributed by atoms with Gasteiger partial charge in [0.05, 0.1) is 5.56 Å². The average Bonchev–Trinajstić information content (AvgIpc) is 2.73. The minimum Gasteiger partial charge on any atom is -0.486 e. The Hall–Kier alpha value is -1.89. The van der Waals surface area contributed by atoms with E-state index in [1.54, 1.807) is 23.9 Å². The van der Waals surface area contributed by atoms with Crippen LogP contribution in [0.2, 0.25) is 0 Å². The molecule has 94 valence electrons. The van der Waals surface area contributed by atoms with Gasteiger partial charge < -0.3 is 9.84 Å². The molecule has 6 nitrogen and oxygen atoms in total. The van der Waals surface area contributed by atoms with E-state index in [0.29, 0.717) is 16.0 Å². The van der Waals surface area contributed by atoms with Crippen LogP contribution >= 0.6 is 15.9 Å². The normalized spacial score (nSPS) is 10.3. The number of halogens is 1. The van der Waals surface area contributed by atoms with E-state index in [-0.39, 0.29) is 12.2 Å². The van der Waals surface area contributed by atoms with E-state index < -0.39 is 5.97 Å². The minimum absolute atomic E-state index is 0.158. The molecular formula is C11H10BrN3O3. The van der Waals surface area contributed by atoms with Gasteiger partial charge in [-0.3, -0.25) is 4.68 Å². The van der Waals surface area contributed by atoms with Crippen LogP contribution in [0.25, 0.3) is 0 Å². The molecule has 0 amide bonds. The third kappa shape index (κ3) is 2.67. The molecule has 0 saturated carbocycles.